The zero-order valence-electron chi connectivity index (χ0n) is 11.0. The first kappa shape index (κ1) is 12.4. The summed E-state index contributed by atoms with van der Waals surface area (Å²) >= 11 is 0. The summed E-state index contributed by atoms with van der Waals surface area (Å²) in [4.78, 5) is 4.14. The highest BCUT2D eigenvalue weighted by atomic mass is 15.2. The van der Waals surface area contributed by atoms with Crippen molar-refractivity contribution in [1.82, 2.24) is 20.5 Å². The molecular weight excluding hydrogens is 236 g/mol. The molecule has 1 aromatic carbocycles. The smallest absolute Gasteiger partial charge is 0.137 e. The Bertz CT molecular complexity index is 476. The average molecular weight is 256 g/mol. The van der Waals surface area contributed by atoms with Gasteiger partial charge in [0.1, 0.15) is 12.2 Å². The topological polar surface area (TPSA) is 53.6 Å². The molecule has 2 N–H and O–H groups in total. The minimum atomic E-state index is 0.524. The van der Waals surface area contributed by atoms with Crippen LogP contribution in [0.4, 0.5) is 0 Å². The highest BCUT2D eigenvalue weighted by Gasteiger charge is 2.31. The van der Waals surface area contributed by atoms with Gasteiger partial charge in [0.25, 0.3) is 0 Å². The van der Waals surface area contributed by atoms with Crippen LogP contribution in [0.5, 0.6) is 0 Å². The summed E-state index contributed by atoms with van der Waals surface area (Å²) in [6.45, 7) is 1.02. The summed E-state index contributed by atoms with van der Waals surface area (Å²) in [6.07, 6.45) is 6.33. The molecule has 1 atom stereocenters. The number of rotatable bonds is 7. The summed E-state index contributed by atoms with van der Waals surface area (Å²) in [6, 6.07) is 11.3. The van der Waals surface area contributed by atoms with E-state index < -0.39 is 0 Å². The Morgan fingerprint density at radius 2 is 2.11 bits per heavy atom. The second-order valence-corrected chi connectivity index (χ2v) is 5.22. The molecule has 3 rings (SSSR count). The van der Waals surface area contributed by atoms with Gasteiger partial charge in [-0.1, -0.05) is 30.3 Å². The van der Waals surface area contributed by atoms with E-state index >= 15 is 0 Å². The van der Waals surface area contributed by atoms with Gasteiger partial charge in [-0.05, 0) is 37.3 Å². The standard InChI is InChI=1S/C15H20N4/c1-2-5-12(6-3-1)15(13-8-9-13)16-10-4-7-14-17-11-18-19-14/h1-3,5-6,11,13,15-16H,4,7-10H2,(H,17,18,19). The SMILES string of the molecule is c1ccc(C(NCCCc2ncn[nH]2)C2CC2)cc1. The molecule has 0 amide bonds. The van der Waals surface area contributed by atoms with Gasteiger partial charge in [0.15, 0.2) is 0 Å². The number of benzene rings is 1. The molecule has 4 heteroatoms. The third-order valence-corrected chi connectivity index (χ3v) is 3.67. The van der Waals surface area contributed by atoms with Gasteiger partial charge < -0.3 is 5.32 Å². The van der Waals surface area contributed by atoms with E-state index in [1.165, 1.54) is 18.4 Å². The van der Waals surface area contributed by atoms with E-state index in [9.17, 15) is 0 Å². The minimum absolute atomic E-state index is 0.524. The summed E-state index contributed by atoms with van der Waals surface area (Å²) in [5.41, 5.74) is 1.42. The molecule has 0 bridgehead atoms. The van der Waals surface area contributed by atoms with Gasteiger partial charge >= 0.3 is 0 Å². The third-order valence-electron chi connectivity index (χ3n) is 3.67. The maximum Gasteiger partial charge on any atom is 0.137 e. The number of aryl methyl sites for hydroxylation is 1. The van der Waals surface area contributed by atoms with Crippen molar-refractivity contribution in [3.8, 4) is 0 Å². The molecule has 1 fully saturated rings. The number of aromatic amines is 1. The average Bonchev–Trinajstić information content (AvgIpc) is 3.15. The second kappa shape index (κ2) is 5.97. The van der Waals surface area contributed by atoms with Crippen LogP contribution in [0.15, 0.2) is 36.7 Å². The fourth-order valence-corrected chi connectivity index (χ4v) is 2.51. The van der Waals surface area contributed by atoms with Gasteiger partial charge in [-0.25, -0.2) is 4.98 Å². The van der Waals surface area contributed by atoms with E-state index in [1.807, 2.05) is 0 Å². The highest BCUT2D eigenvalue weighted by molar-refractivity contribution is 5.21. The lowest BCUT2D eigenvalue weighted by Gasteiger charge is -2.18. The van der Waals surface area contributed by atoms with Crippen LogP contribution in [0.25, 0.3) is 0 Å². The van der Waals surface area contributed by atoms with Gasteiger partial charge in [0.05, 0.1) is 0 Å². The van der Waals surface area contributed by atoms with Crippen LogP contribution in [0.2, 0.25) is 0 Å². The van der Waals surface area contributed by atoms with Gasteiger partial charge in [-0.2, -0.15) is 5.10 Å². The van der Waals surface area contributed by atoms with E-state index in [-0.39, 0.29) is 0 Å². The molecule has 1 aliphatic carbocycles. The molecule has 1 unspecified atom stereocenters. The normalized spacial score (nSPS) is 16.4. The van der Waals surface area contributed by atoms with Gasteiger partial charge in [0, 0.05) is 12.5 Å². The van der Waals surface area contributed by atoms with Crippen LogP contribution in [-0.4, -0.2) is 21.7 Å². The van der Waals surface area contributed by atoms with E-state index in [1.54, 1.807) is 6.33 Å². The molecule has 0 radical (unpaired) electrons. The Morgan fingerprint density at radius 3 is 2.79 bits per heavy atom. The third kappa shape index (κ3) is 3.41. The van der Waals surface area contributed by atoms with Crippen molar-refractivity contribution in [3.63, 3.8) is 0 Å². The number of aromatic nitrogens is 3. The molecule has 100 valence electrons. The summed E-state index contributed by atoms with van der Waals surface area (Å²) in [5, 5.41) is 10.5. The quantitative estimate of drug-likeness (QED) is 0.748. The molecule has 2 aromatic rings. The number of hydrogen-bond acceptors (Lipinski definition) is 3. The first-order valence-corrected chi connectivity index (χ1v) is 7.06. The lowest BCUT2D eigenvalue weighted by molar-refractivity contribution is 0.474. The summed E-state index contributed by atoms with van der Waals surface area (Å²) in [7, 11) is 0. The minimum Gasteiger partial charge on any atom is -0.310 e. The lowest BCUT2D eigenvalue weighted by Crippen LogP contribution is -2.24. The zero-order chi connectivity index (χ0) is 12.9. The Hall–Kier alpha value is -1.68. The second-order valence-electron chi connectivity index (χ2n) is 5.22. The van der Waals surface area contributed by atoms with Crippen molar-refractivity contribution in [1.29, 1.82) is 0 Å². The van der Waals surface area contributed by atoms with Crippen molar-refractivity contribution < 1.29 is 0 Å². The molecular formula is C15H20N4. The largest absolute Gasteiger partial charge is 0.310 e. The molecule has 0 aliphatic heterocycles. The van der Waals surface area contributed by atoms with Crippen molar-refractivity contribution in [2.45, 2.75) is 31.7 Å². The molecule has 0 spiro atoms. The van der Waals surface area contributed by atoms with Crippen molar-refractivity contribution in [2.24, 2.45) is 5.92 Å². The van der Waals surface area contributed by atoms with E-state index in [0.29, 0.717) is 6.04 Å². The number of H-pyrrole nitrogens is 1. The van der Waals surface area contributed by atoms with Gasteiger partial charge in [-0.15, -0.1) is 0 Å². The fraction of sp³-hybridized carbons (Fsp3) is 0.467. The van der Waals surface area contributed by atoms with Crippen LogP contribution in [0, 0.1) is 5.92 Å². The van der Waals surface area contributed by atoms with Crippen LogP contribution < -0.4 is 5.32 Å². The molecule has 0 saturated heterocycles. The molecule has 1 heterocycles. The number of nitrogens with zero attached hydrogens (tertiary/aromatic N) is 2. The molecule has 1 saturated carbocycles. The Morgan fingerprint density at radius 1 is 1.26 bits per heavy atom. The van der Waals surface area contributed by atoms with Crippen molar-refractivity contribution in [2.75, 3.05) is 6.54 Å². The summed E-state index contributed by atoms with van der Waals surface area (Å²) in [5.74, 6) is 1.80. The van der Waals surface area contributed by atoms with Crippen molar-refractivity contribution >= 4 is 0 Å². The predicted octanol–water partition coefficient (Wildman–Crippen LogP) is 2.48. The first-order chi connectivity index (χ1) is 9.43. The van der Waals surface area contributed by atoms with E-state index in [2.05, 4.69) is 50.8 Å². The highest BCUT2D eigenvalue weighted by Crippen LogP contribution is 2.40. The zero-order valence-corrected chi connectivity index (χ0v) is 11.0. The fourth-order valence-electron chi connectivity index (χ4n) is 2.51. The molecule has 4 nitrogen and oxygen atoms in total. The van der Waals surface area contributed by atoms with E-state index in [4.69, 9.17) is 0 Å². The molecule has 1 aromatic heterocycles. The van der Waals surface area contributed by atoms with Crippen LogP contribution in [0.3, 0.4) is 0 Å². The maximum atomic E-state index is 4.14. The monoisotopic (exact) mass is 256 g/mol. The first-order valence-electron chi connectivity index (χ1n) is 7.06. The van der Waals surface area contributed by atoms with E-state index in [0.717, 1.165) is 31.1 Å². The molecule has 1 aliphatic rings. The Labute approximate surface area is 113 Å². The van der Waals surface area contributed by atoms with Gasteiger partial charge in [0.2, 0.25) is 0 Å². The predicted molar refractivity (Wildman–Crippen MR) is 74.6 cm³/mol. The Kier molecular flexibility index (Phi) is 3.89. The van der Waals surface area contributed by atoms with Crippen LogP contribution >= 0.6 is 0 Å². The van der Waals surface area contributed by atoms with Crippen molar-refractivity contribution in [3.05, 3.63) is 48.0 Å². The maximum absolute atomic E-state index is 4.14. The van der Waals surface area contributed by atoms with Crippen LogP contribution in [0.1, 0.15) is 36.7 Å². The Balaban J connectivity index is 1.49. The number of hydrogen-bond donors (Lipinski definition) is 2. The summed E-state index contributed by atoms with van der Waals surface area (Å²) < 4.78 is 0. The number of nitrogens with one attached hydrogen (secondary N) is 2. The lowest BCUT2D eigenvalue weighted by atomic mass is 10.0. The molecule has 19 heavy (non-hydrogen) atoms. The van der Waals surface area contributed by atoms with Crippen LogP contribution in [-0.2, 0) is 6.42 Å². The van der Waals surface area contributed by atoms with Gasteiger partial charge in [-0.3, -0.25) is 5.10 Å².